The van der Waals surface area contributed by atoms with Crippen LogP contribution >= 0.6 is 0 Å². The number of halogens is 1. The van der Waals surface area contributed by atoms with Crippen LogP contribution in [-0.4, -0.2) is 44.3 Å². The van der Waals surface area contributed by atoms with Crippen LogP contribution in [0.5, 0.6) is 17.2 Å². The average molecular weight is 402 g/mol. The van der Waals surface area contributed by atoms with Gasteiger partial charge in [0.15, 0.2) is 11.5 Å². The highest BCUT2D eigenvalue weighted by molar-refractivity contribution is 6.04. The fraction of sp³-hybridized carbons (Fsp3) is 0.409. The number of hydrogen-bond donors (Lipinski definition) is 2. The van der Waals surface area contributed by atoms with Crippen molar-refractivity contribution in [3.63, 3.8) is 0 Å². The molecule has 156 valence electrons. The minimum Gasteiger partial charge on any atom is -0.497 e. The summed E-state index contributed by atoms with van der Waals surface area (Å²) in [5.74, 6) is 1.20. The van der Waals surface area contributed by atoms with Crippen molar-refractivity contribution in [2.75, 3.05) is 33.4 Å². The highest BCUT2D eigenvalue weighted by Gasteiger charge is 2.23. The fourth-order valence-corrected chi connectivity index (χ4v) is 3.26. The number of ether oxygens (including phenoxy) is 3. The van der Waals surface area contributed by atoms with Gasteiger partial charge in [0, 0.05) is 24.6 Å². The third-order valence-electron chi connectivity index (χ3n) is 4.80. The smallest absolute Gasteiger partial charge is 0.170 e. The molecule has 0 saturated heterocycles. The van der Waals surface area contributed by atoms with Crippen LogP contribution < -0.4 is 19.5 Å². The van der Waals surface area contributed by atoms with Crippen molar-refractivity contribution < 1.29 is 23.8 Å². The van der Waals surface area contributed by atoms with Gasteiger partial charge in [0.1, 0.15) is 18.2 Å². The molecule has 0 radical (unpaired) electrons. The molecule has 1 aliphatic rings. The Hall–Kier alpha value is -2.80. The monoisotopic (exact) mass is 402 g/mol. The summed E-state index contributed by atoms with van der Waals surface area (Å²) in [7, 11) is 1.67. The van der Waals surface area contributed by atoms with Gasteiger partial charge in [0.25, 0.3) is 0 Å². The predicted molar refractivity (Wildman–Crippen MR) is 109 cm³/mol. The average Bonchev–Trinajstić information content (AvgIpc) is 2.75. The van der Waals surface area contributed by atoms with Gasteiger partial charge in [0.2, 0.25) is 0 Å². The van der Waals surface area contributed by atoms with Crippen LogP contribution in [0.15, 0.2) is 41.6 Å². The van der Waals surface area contributed by atoms with Gasteiger partial charge in [-0.15, -0.1) is 0 Å². The summed E-state index contributed by atoms with van der Waals surface area (Å²) in [6, 6.07) is 10.7. The zero-order chi connectivity index (χ0) is 20.5. The quantitative estimate of drug-likeness (QED) is 0.359. The van der Waals surface area contributed by atoms with E-state index >= 15 is 0 Å². The van der Waals surface area contributed by atoms with Crippen LogP contribution in [0, 0.1) is 5.82 Å². The molecule has 0 bridgehead atoms. The molecule has 2 N–H and O–H groups in total. The lowest BCUT2D eigenvalue weighted by Crippen LogP contribution is -2.23. The molecule has 0 unspecified atom stereocenters. The predicted octanol–water partition coefficient (Wildman–Crippen LogP) is 3.79. The van der Waals surface area contributed by atoms with Gasteiger partial charge in [-0.3, -0.25) is 0 Å². The molecule has 0 fully saturated rings. The molecule has 0 spiro atoms. The Balaban J connectivity index is 1.36. The maximum atomic E-state index is 13.9. The second-order valence-electron chi connectivity index (χ2n) is 6.83. The molecular formula is C22H27FN2O4. The number of hydrogen-bond acceptors (Lipinski definition) is 6. The van der Waals surface area contributed by atoms with Gasteiger partial charge in [0.05, 0.1) is 19.4 Å². The van der Waals surface area contributed by atoms with Crippen molar-refractivity contribution in [2.45, 2.75) is 25.7 Å². The molecule has 29 heavy (non-hydrogen) atoms. The van der Waals surface area contributed by atoms with E-state index in [9.17, 15) is 4.39 Å². The number of oxime groups is 1. The van der Waals surface area contributed by atoms with Crippen molar-refractivity contribution in [3.05, 3.63) is 53.3 Å². The molecule has 0 aromatic heterocycles. The number of methoxy groups -OCH3 is 1. The number of aryl methyl sites for hydroxylation is 1. The Morgan fingerprint density at radius 1 is 1.17 bits per heavy atom. The van der Waals surface area contributed by atoms with Crippen molar-refractivity contribution in [3.8, 4) is 17.2 Å². The molecule has 0 amide bonds. The Bertz CT molecular complexity index is 824. The molecule has 0 atom stereocenters. The molecule has 2 aromatic carbocycles. The Morgan fingerprint density at radius 3 is 2.76 bits per heavy atom. The first-order valence-electron chi connectivity index (χ1n) is 9.85. The maximum absolute atomic E-state index is 13.9. The van der Waals surface area contributed by atoms with E-state index in [4.69, 9.17) is 19.4 Å². The molecular weight excluding hydrogens is 375 g/mol. The fourth-order valence-electron chi connectivity index (χ4n) is 3.26. The van der Waals surface area contributed by atoms with E-state index in [1.807, 2.05) is 12.1 Å². The summed E-state index contributed by atoms with van der Waals surface area (Å²) in [4.78, 5) is 0. The highest BCUT2D eigenvalue weighted by atomic mass is 19.1. The SMILES string of the molecule is COc1ccc(CCCCNCCOc2cc(F)cc3c2OCC/C3=N\O)cc1. The first kappa shape index (κ1) is 20.9. The lowest BCUT2D eigenvalue weighted by atomic mass is 10.0. The zero-order valence-corrected chi connectivity index (χ0v) is 16.6. The first-order chi connectivity index (χ1) is 14.2. The molecule has 0 aliphatic carbocycles. The van der Waals surface area contributed by atoms with E-state index < -0.39 is 5.82 Å². The lowest BCUT2D eigenvalue weighted by molar-refractivity contribution is 0.262. The summed E-state index contributed by atoms with van der Waals surface area (Å²) in [6.45, 7) is 2.30. The second kappa shape index (κ2) is 10.7. The zero-order valence-electron chi connectivity index (χ0n) is 16.6. The standard InChI is InChI=1S/C22H27FN2O4/c1-27-18-7-5-16(6-8-18)4-2-3-10-24-11-13-28-21-15-17(23)14-19-20(25-26)9-12-29-22(19)21/h5-8,14-15,24,26H,2-4,9-13H2,1H3/b25-20+. The number of nitrogens with zero attached hydrogens (tertiary/aromatic N) is 1. The third-order valence-corrected chi connectivity index (χ3v) is 4.80. The normalized spacial score (nSPS) is 14.3. The van der Waals surface area contributed by atoms with Crippen molar-refractivity contribution in [2.24, 2.45) is 5.16 Å². The summed E-state index contributed by atoms with van der Waals surface area (Å²) >= 11 is 0. The largest absolute Gasteiger partial charge is 0.497 e. The van der Waals surface area contributed by atoms with Crippen LogP contribution in [0.1, 0.15) is 30.4 Å². The van der Waals surface area contributed by atoms with E-state index in [0.29, 0.717) is 49.0 Å². The van der Waals surface area contributed by atoms with Gasteiger partial charge >= 0.3 is 0 Å². The lowest BCUT2D eigenvalue weighted by Gasteiger charge is -2.21. The minimum atomic E-state index is -0.447. The molecule has 7 heteroatoms. The van der Waals surface area contributed by atoms with Crippen LogP contribution in [-0.2, 0) is 6.42 Å². The van der Waals surface area contributed by atoms with Crippen molar-refractivity contribution in [1.29, 1.82) is 0 Å². The molecule has 3 rings (SSSR count). The molecule has 2 aromatic rings. The van der Waals surface area contributed by atoms with Gasteiger partial charge in [-0.1, -0.05) is 17.3 Å². The number of nitrogens with one attached hydrogen (secondary N) is 1. The Kier molecular flexibility index (Phi) is 7.69. The Labute approximate surface area is 170 Å². The molecule has 1 aliphatic heterocycles. The van der Waals surface area contributed by atoms with E-state index in [0.717, 1.165) is 31.6 Å². The summed E-state index contributed by atoms with van der Waals surface area (Å²) in [5.41, 5.74) is 2.15. The van der Waals surface area contributed by atoms with Crippen LogP contribution in [0.2, 0.25) is 0 Å². The summed E-state index contributed by atoms with van der Waals surface area (Å²) in [6.07, 6.45) is 3.61. The van der Waals surface area contributed by atoms with Crippen LogP contribution in [0.3, 0.4) is 0 Å². The number of fused-ring (bicyclic) bond motifs is 1. The number of rotatable bonds is 10. The first-order valence-corrected chi connectivity index (χ1v) is 9.85. The van der Waals surface area contributed by atoms with Crippen molar-refractivity contribution >= 4 is 5.71 Å². The molecule has 6 nitrogen and oxygen atoms in total. The topological polar surface area (TPSA) is 72.3 Å². The van der Waals surface area contributed by atoms with Crippen LogP contribution in [0.25, 0.3) is 0 Å². The van der Waals surface area contributed by atoms with Gasteiger partial charge in [-0.05, 0) is 49.6 Å². The Morgan fingerprint density at radius 2 is 2.00 bits per heavy atom. The van der Waals surface area contributed by atoms with E-state index in [-0.39, 0.29) is 0 Å². The maximum Gasteiger partial charge on any atom is 0.170 e. The van der Waals surface area contributed by atoms with Gasteiger partial charge < -0.3 is 24.7 Å². The summed E-state index contributed by atoms with van der Waals surface area (Å²) in [5, 5.41) is 15.7. The molecule has 1 heterocycles. The van der Waals surface area contributed by atoms with E-state index in [1.54, 1.807) is 7.11 Å². The summed E-state index contributed by atoms with van der Waals surface area (Å²) < 4.78 is 30.3. The number of unbranched alkanes of at least 4 members (excludes halogenated alkanes) is 1. The van der Waals surface area contributed by atoms with Crippen molar-refractivity contribution in [1.82, 2.24) is 5.32 Å². The van der Waals surface area contributed by atoms with Gasteiger partial charge in [-0.25, -0.2) is 4.39 Å². The third kappa shape index (κ3) is 5.84. The minimum absolute atomic E-state index is 0.335. The van der Waals surface area contributed by atoms with E-state index in [1.165, 1.54) is 17.7 Å². The van der Waals surface area contributed by atoms with Crippen LogP contribution in [0.4, 0.5) is 4.39 Å². The van der Waals surface area contributed by atoms with E-state index in [2.05, 4.69) is 22.6 Å². The number of benzene rings is 2. The van der Waals surface area contributed by atoms with Gasteiger partial charge in [-0.2, -0.15) is 0 Å². The second-order valence-corrected chi connectivity index (χ2v) is 6.83. The highest BCUT2D eigenvalue weighted by Crippen LogP contribution is 2.36. The molecule has 0 saturated carbocycles.